The number of likely N-dealkylation sites (tertiary alicyclic amines) is 1. The average Bonchev–Trinajstić information content (AvgIpc) is 3.32. The molecule has 1 saturated heterocycles. The lowest BCUT2D eigenvalue weighted by molar-refractivity contribution is 0.155. The van der Waals surface area contributed by atoms with Crippen LogP contribution in [-0.4, -0.2) is 70.0 Å². The first-order chi connectivity index (χ1) is 15.7. The molecule has 1 aliphatic carbocycles. The highest BCUT2D eigenvalue weighted by molar-refractivity contribution is 5.80. The SMILES string of the molecule is CCNC(=NCc1ccc(OC)cc1OC1CCCC1)NC1CCN(CCCOC)CC1. The zero-order chi connectivity index (χ0) is 22.6. The Hall–Kier alpha value is -1.99. The van der Waals surface area contributed by atoms with Crippen molar-refractivity contribution in [2.45, 2.75) is 70.6 Å². The quantitative estimate of drug-likeness (QED) is 0.308. The second-order valence-electron chi connectivity index (χ2n) is 8.80. The van der Waals surface area contributed by atoms with Crippen molar-refractivity contribution in [2.75, 3.05) is 47.0 Å². The number of methoxy groups -OCH3 is 2. The molecule has 0 atom stereocenters. The second-order valence-corrected chi connectivity index (χ2v) is 8.80. The molecule has 1 aliphatic heterocycles. The lowest BCUT2D eigenvalue weighted by atomic mass is 10.1. The summed E-state index contributed by atoms with van der Waals surface area (Å²) in [6.07, 6.45) is 8.45. The Labute approximate surface area is 193 Å². The molecule has 7 heteroatoms. The van der Waals surface area contributed by atoms with Gasteiger partial charge in [0.2, 0.25) is 0 Å². The molecule has 2 aliphatic rings. The van der Waals surface area contributed by atoms with Crippen molar-refractivity contribution in [3.63, 3.8) is 0 Å². The summed E-state index contributed by atoms with van der Waals surface area (Å²) in [5.41, 5.74) is 1.10. The number of guanidine groups is 1. The summed E-state index contributed by atoms with van der Waals surface area (Å²) in [7, 11) is 3.47. The molecule has 0 aromatic heterocycles. The first kappa shape index (κ1) is 24.6. The van der Waals surface area contributed by atoms with Crippen molar-refractivity contribution >= 4 is 5.96 Å². The number of piperidine rings is 1. The normalized spacial score (nSPS) is 18.7. The van der Waals surface area contributed by atoms with Crippen LogP contribution in [-0.2, 0) is 11.3 Å². The molecule has 3 rings (SSSR count). The molecule has 1 saturated carbocycles. The van der Waals surface area contributed by atoms with Crippen molar-refractivity contribution in [2.24, 2.45) is 4.99 Å². The zero-order valence-corrected chi connectivity index (χ0v) is 20.2. The van der Waals surface area contributed by atoms with E-state index < -0.39 is 0 Å². The number of rotatable bonds is 11. The van der Waals surface area contributed by atoms with Crippen LogP contribution in [0.2, 0.25) is 0 Å². The Kier molecular flexibility index (Phi) is 10.4. The van der Waals surface area contributed by atoms with Crippen LogP contribution in [0.5, 0.6) is 11.5 Å². The third-order valence-electron chi connectivity index (χ3n) is 6.37. The minimum atomic E-state index is 0.310. The van der Waals surface area contributed by atoms with E-state index in [0.29, 0.717) is 18.7 Å². The van der Waals surface area contributed by atoms with Gasteiger partial charge in [0.25, 0.3) is 0 Å². The highest BCUT2D eigenvalue weighted by Crippen LogP contribution is 2.30. The Morgan fingerprint density at radius 1 is 1.12 bits per heavy atom. The van der Waals surface area contributed by atoms with Crippen molar-refractivity contribution in [1.29, 1.82) is 0 Å². The number of hydrogen-bond donors (Lipinski definition) is 2. The number of hydrogen-bond acceptors (Lipinski definition) is 5. The van der Waals surface area contributed by atoms with Gasteiger partial charge in [-0.2, -0.15) is 0 Å². The number of nitrogens with one attached hydrogen (secondary N) is 2. The largest absolute Gasteiger partial charge is 0.497 e. The molecule has 0 bridgehead atoms. The van der Waals surface area contributed by atoms with Crippen LogP contribution < -0.4 is 20.1 Å². The summed E-state index contributed by atoms with van der Waals surface area (Å²) in [4.78, 5) is 7.42. The number of nitrogens with zero attached hydrogens (tertiary/aromatic N) is 2. The molecule has 180 valence electrons. The van der Waals surface area contributed by atoms with Crippen molar-refractivity contribution in [3.8, 4) is 11.5 Å². The fraction of sp³-hybridized carbons (Fsp3) is 0.720. The van der Waals surface area contributed by atoms with Crippen LogP contribution in [0, 0.1) is 0 Å². The first-order valence-electron chi connectivity index (χ1n) is 12.3. The smallest absolute Gasteiger partial charge is 0.191 e. The molecule has 1 aromatic rings. The summed E-state index contributed by atoms with van der Waals surface area (Å²) in [6, 6.07) is 6.53. The number of aliphatic imine (C=N–C) groups is 1. The summed E-state index contributed by atoms with van der Waals surface area (Å²) in [5, 5.41) is 7.06. The molecule has 7 nitrogen and oxygen atoms in total. The molecule has 1 aromatic carbocycles. The predicted molar refractivity (Wildman–Crippen MR) is 130 cm³/mol. The molecule has 0 spiro atoms. The Bertz CT molecular complexity index is 698. The van der Waals surface area contributed by atoms with Crippen LogP contribution in [0.3, 0.4) is 0 Å². The monoisotopic (exact) mass is 446 g/mol. The van der Waals surface area contributed by atoms with E-state index in [0.717, 1.165) is 87.9 Å². The van der Waals surface area contributed by atoms with Gasteiger partial charge in [-0.15, -0.1) is 0 Å². The van der Waals surface area contributed by atoms with E-state index in [1.165, 1.54) is 12.8 Å². The minimum Gasteiger partial charge on any atom is -0.497 e. The molecular weight excluding hydrogens is 404 g/mol. The molecule has 0 amide bonds. The maximum Gasteiger partial charge on any atom is 0.191 e. The van der Waals surface area contributed by atoms with Crippen LogP contribution in [0.1, 0.15) is 57.4 Å². The Balaban J connectivity index is 1.57. The molecule has 32 heavy (non-hydrogen) atoms. The van der Waals surface area contributed by atoms with E-state index in [1.807, 2.05) is 12.1 Å². The predicted octanol–water partition coefficient (Wildman–Crippen LogP) is 3.57. The van der Waals surface area contributed by atoms with Crippen molar-refractivity contribution in [3.05, 3.63) is 23.8 Å². The lowest BCUT2D eigenvalue weighted by Crippen LogP contribution is -2.48. The van der Waals surface area contributed by atoms with Crippen LogP contribution in [0.15, 0.2) is 23.2 Å². The zero-order valence-electron chi connectivity index (χ0n) is 20.2. The fourth-order valence-electron chi connectivity index (χ4n) is 4.50. The van der Waals surface area contributed by atoms with Gasteiger partial charge in [0, 0.05) is 57.6 Å². The highest BCUT2D eigenvalue weighted by Gasteiger charge is 2.20. The van der Waals surface area contributed by atoms with Gasteiger partial charge in [-0.1, -0.05) is 0 Å². The van der Waals surface area contributed by atoms with Gasteiger partial charge in [0.1, 0.15) is 11.5 Å². The van der Waals surface area contributed by atoms with Crippen LogP contribution >= 0.6 is 0 Å². The lowest BCUT2D eigenvalue weighted by Gasteiger charge is -2.33. The van der Waals surface area contributed by atoms with Crippen LogP contribution in [0.4, 0.5) is 0 Å². The second kappa shape index (κ2) is 13.5. The van der Waals surface area contributed by atoms with Gasteiger partial charge in [0.05, 0.1) is 19.8 Å². The minimum absolute atomic E-state index is 0.310. The standard InChI is InChI=1S/C25H42N4O3/c1-4-26-25(28-21-12-15-29(16-13-21)14-7-17-30-2)27-19-20-10-11-23(31-3)18-24(20)32-22-8-5-6-9-22/h10-11,18,21-22H,4-9,12-17,19H2,1-3H3,(H2,26,27,28). The van der Waals surface area contributed by atoms with Crippen molar-refractivity contribution < 1.29 is 14.2 Å². The van der Waals surface area contributed by atoms with Gasteiger partial charge >= 0.3 is 0 Å². The van der Waals surface area contributed by atoms with Crippen LogP contribution in [0.25, 0.3) is 0 Å². The van der Waals surface area contributed by atoms with Gasteiger partial charge in [-0.3, -0.25) is 0 Å². The van der Waals surface area contributed by atoms with E-state index >= 15 is 0 Å². The highest BCUT2D eigenvalue weighted by atomic mass is 16.5. The molecule has 2 fully saturated rings. The van der Waals surface area contributed by atoms with E-state index in [4.69, 9.17) is 19.2 Å². The third kappa shape index (κ3) is 7.85. The third-order valence-corrected chi connectivity index (χ3v) is 6.37. The fourth-order valence-corrected chi connectivity index (χ4v) is 4.50. The first-order valence-corrected chi connectivity index (χ1v) is 12.3. The molecule has 0 radical (unpaired) electrons. The van der Waals surface area contributed by atoms with E-state index in [2.05, 4.69) is 28.5 Å². The summed E-state index contributed by atoms with van der Waals surface area (Å²) >= 11 is 0. The van der Waals surface area contributed by atoms with Gasteiger partial charge in [-0.25, -0.2) is 4.99 Å². The van der Waals surface area contributed by atoms with Gasteiger partial charge in [-0.05, 0) is 64.0 Å². The topological polar surface area (TPSA) is 67.4 Å². The Morgan fingerprint density at radius 3 is 2.59 bits per heavy atom. The maximum absolute atomic E-state index is 6.34. The van der Waals surface area contributed by atoms with E-state index in [9.17, 15) is 0 Å². The number of benzene rings is 1. The summed E-state index contributed by atoms with van der Waals surface area (Å²) in [6.45, 7) is 7.74. The summed E-state index contributed by atoms with van der Waals surface area (Å²) < 4.78 is 16.9. The summed E-state index contributed by atoms with van der Waals surface area (Å²) in [5.74, 6) is 2.61. The van der Waals surface area contributed by atoms with Gasteiger partial charge < -0.3 is 29.7 Å². The Morgan fingerprint density at radius 2 is 1.91 bits per heavy atom. The molecule has 1 heterocycles. The van der Waals surface area contributed by atoms with E-state index in [-0.39, 0.29) is 0 Å². The van der Waals surface area contributed by atoms with Crippen molar-refractivity contribution in [1.82, 2.24) is 15.5 Å². The maximum atomic E-state index is 6.34. The van der Waals surface area contributed by atoms with Gasteiger partial charge in [0.15, 0.2) is 5.96 Å². The van der Waals surface area contributed by atoms with E-state index in [1.54, 1.807) is 14.2 Å². The molecule has 0 unspecified atom stereocenters. The average molecular weight is 447 g/mol. The molecular formula is C25H42N4O3. The molecule has 2 N–H and O–H groups in total. The number of ether oxygens (including phenoxy) is 3.